The maximum absolute atomic E-state index is 12.9. The third-order valence-corrected chi connectivity index (χ3v) is 6.34. The van der Waals surface area contributed by atoms with E-state index in [-0.39, 0.29) is 5.91 Å². The first-order valence-corrected chi connectivity index (χ1v) is 11.3. The molecule has 1 amide bonds. The lowest BCUT2D eigenvalue weighted by Crippen LogP contribution is -2.49. The Labute approximate surface area is 191 Å². The van der Waals surface area contributed by atoms with Crippen LogP contribution in [0.15, 0.2) is 60.7 Å². The van der Waals surface area contributed by atoms with Gasteiger partial charge in [0.2, 0.25) is 5.91 Å². The molecule has 0 N–H and O–H groups in total. The van der Waals surface area contributed by atoms with Gasteiger partial charge in [-0.1, -0.05) is 48.5 Å². The lowest BCUT2D eigenvalue weighted by atomic mass is 10.2. The average Bonchev–Trinajstić information content (AvgIpc) is 3.10. The molecule has 6 nitrogen and oxygen atoms in total. The quantitative estimate of drug-likeness (QED) is 0.576. The van der Waals surface area contributed by atoms with E-state index in [2.05, 4.69) is 59.2 Å². The summed E-state index contributed by atoms with van der Waals surface area (Å²) in [5.74, 6) is 0.160. The van der Waals surface area contributed by atoms with E-state index in [4.69, 9.17) is 5.10 Å². The number of benzene rings is 2. The fraction of sp³-hybridized carbons (Fsp3) is 0.385. The second-order valence-corrected chi connectivity index (χ2v) is 8.68. The maximum Gasteiger partial charge on any atom is 0.236 e. The van der Waals surface area contributed by atoms with Crippen LogP contribution in [-0.2, 0) is 17.9 Å². The van der Waals surface area contributed by atoms with Crippen LogP contribution >= 0.6 is 0 Å². The Balaban J connectivity index is 1.30. The summed E-state index contributed by atoms with van der Waals surface area (Å²) in [6.07, 6.45) is 0. The molecular formula is C26H33N5O. The van der Waals surface area contributed by atoms with Crippen molar-refractivity contribution in [1.29, 1.82) is 0 Å². The molecular weight excluding hydrogens is 398 g/mol. The smallest absolute Gasteiger partial charge is 0.236 e. The van der Waals surface area contributed by atoms with Crippen molar-refractivity contribution in [2.75, 3.05) is 39.8 Å². The van der Waals surface area contributed by atoms with Crippen molar-refractivity contribution in [3.8, 4) is 5.69 Å². The Morgan fingerprint density at radius 3 is 2.16 bits per heavy atom. The number of hydrogen-bond acceptors (Lipinski definition) is 4. The first kappa shape index (κ1) is 22.2. The van der Waals surface area contributed by atoms with E-state index in [0.717, 1.165) is 55.4 Å². The van der Waals surface area contributed by atoms with Crippen LogP contribution < -0.4 is 0 Å². The van der Waals surface area contributed by atoms with Gasteiger partial charge in [0.1, 0.15) is 0 Å². The topological polar surface area (TPSA) is 44.6 Å². The van der Waals surface area contributed by atoms with Crippen molar-refractivity contribution >= 4 is 5.91 Å². The van der Waals surface area contributed by atoms with E-state index in [1.54, 1.807) is 0 Å². The number of likely N-dealkylation sites (N-methyl/N-ethyl adjacent to an activating group) is 1. The number of rotatable bonds is 7. The van der Waals surface area contributed by atoms with E-state index in [9.17, 15) is 4.79 Å². The van der Waals surface area contributed by atoms with Crippen LogP contribution in [0.5, 0.6) is 0 Å². The van der Waals surface area contributed by atoms with Crippen LogP contribution in [0, 0.1) is 13.8 Å². The number of para-hydroxylation sites is 1. The Kier molecular flexibility index (Phi) is 7.02. The first-order valence-electron chi connectivity index (χ1n) is 11.3. The molecule has 0 unspecified atom stereocenters. The zero-order valence-electron chi connectivity index (χ0n) is 19.4. The number of hydrogen-bond donors (Lipinski definition) is 0. The monoisotopic (exact) mass is 431 g/mol. The molecule has 1 aliphatic heterocycles. The minimum Gasteiger partial charge on any atom is -0.340 e. The highest BCUT2D eigenvalue weighted by atomic mass is 16.2. The van der Waals surface area contributed by atoms with Crippen LogP contribution in [0.1, 0.15) is 22.5 Å². The molecule has 32 heavy (non-hydrogen) atoms. The summed E-state index contributed by atoms with van der Waals surface area (Å²) in [7, 11) is 1.90. The van der Waals surface area contributed by atoms with Gasteiger partial charge in [0.05, 0.1) is 17.9 Å². The molecule has 0 spiro atoms. The third-order valence-electron chi connectivity index (χ3n) is 6.34. The summed E-state index contributed by atoms with van der Waals surface area (Å²) < 4.78 is 1.97. The van der Waals surface area contributed by atoms with Gasteiger partial charge >= 0.3 is 0 Å². The SMILES string of the molecule is Cc1nn(-c2ccccc2)c(C)c1CN(C)C(=O)CN1CCN(Cc2ccccc2)CC1. The number of aryl methyl sites for hydroxylation is 1. The number of amides is 1. The second kappa shape index (κ2) is 10.1. The van der Waals surface area contributed by atoms with Crippen molar-refractivity contribution in [1.82, 2.24) is 24.5 Å². The van der Waals surface area contributed by atoms with E-state index in [1.807, 2.05) is 41.8 Å². The van der Waals surface area contributed by atoms with Crippen molar-refractivity contribution in [3.63, 3.8) is 0 Å². The standard InChI is InChI=1S/C26H33N5O/c1-21-25(22(2)31(27-21)24-12-8-5-9-13-24)19-28(3)26(32)20-30-16-14-29(15-17-30)18-23-10-6-4-7-11-23/h4-13H,14-20H2,1-3H3. The fourth-order valence-electron chi connectivity index (χ4n) is 4.31. The van der Waals surface area contributed by atoms with E-state index >= 15 is 0 Å². The van der Waals surface area contributed by atoms with Gasteiger partial charge in [-0.3, -0.25) is 14.6 Å². The number of carbonyl (C=O) groups is 1. The van der Waals surface area contributed by atoms with E-state index < -0.39 is 0 Å². The van der Waals surface area contributed by atoms with Crippen molar-refractivity contribution in [2.45, 2.75) is 26.9 Å². The second-order valence-electron chi connectivity index (χ2n) is 8.68. The van der Waals surface area contributed by atoms with Gasteiger partial charge < -0.3 is 4.90 Å². The predicted octanol–water partition coefficient (Wildman–Crippen LogP) is 3.27. The zero-order valence-corrected chi connectivity index (χ0v) is 19.4. The van der Waals surface area contributed by atoms with Gasteiger partial charge in [0.15, 0.2) is 0 Å². The largest absolute Gasteiger partial charge is 0.340 e. The number of carbonyl (C=O) groups excluding carboxylic acids is 1. The molecule has 3 aromatic rings. The molecule has 0 radical (unpaired) electrons. The molecule has 4 rings (SSSR count). The molecule has 0 bridgehead atoms. The maximum atomic E-state index is 12.9. The lowest BCUT2D eigenvalue weighted by molar-refractivity contribution is -0.132. The van der Waals surface area contributed by atoms with Gasteiger partial charge in [0, 0.05) is 57.6 Å². The normalized spacial score (nSPS) is 15.1. The fourth-order valence-corrected chi connectivity index (χ4v) is 4.31. The summed E-state index contributed by atoms with van der Waals surface area (Å²) in [5.41, 5.74) is 5.57. The minimum absolute atomic E-state index is 0.160. The summed E-state index contributed by atoms with van der Waals surface area (Å²) in [6.45, 7) is 9.97. The number of piperazine rings is 1. The minimum atomic E-state index is 0.160. The summed E-state index contributed by atoms with van der Waals surface area (Å²) in [4.78, 5) is 19.5. The van der Waals surface area contributed by atoms with Crippen LogP contribution in [-0.4, -0.2) is 70.2 Å². The molecule has 1 aliphatic rings. The highest BCUT2D eigenvalue weighted by Gasteiger charge is 2.22. The molecule has 2 heterocycles. The van der Waals surface area contributed by atoms with Gasteiger partial charge in [0.25, 0.3) is 0 Å². The van der Waals surface area contributed by atoms with Crippen molar-refractivity contribution in [3.05, 3.63) is 83.2 Å². The summed E-state index contributed by atoms with van der Waals surface area (Å²) >= 11 is 0. The van der Waals surface area contributed by atoms with Gasteiger partial charge in [-0.05, 0) is 31.5 Å². The Morgan fingerprint density at radius 1 is 0.906 bits per heavy atom. The Hall–Kier alpha value is -2.96. The van der Waals surface area contributed by atoms with Crippen LogP contribution in [0.4, 0.5) is 0 Å². The van der Waals surface area contributed by atoms with E-state index in [0.29, 0.717) is 13.1 Å². The molecule has 2 aromatic carbocycles. The van der Waals surface area contributed by atoms with Crippen LogP contribution in [0.3, 0.4) is 0 Å². The van der Waals surface area contributed by atoms with Crippen molar-refractivity contribution in [2.24, 2.45) is 0 Å². The van der Waals surface area contributed by atoms with Crippen molar-refractivity contribution < 1.29 is 4.79 Å². The first-order chi connectivity index (χ1) is 15.5. The van der Waals surface area contributed by atoms with Gasteiger partial charge in [-0.2, -0.15) is 5.10 Å². The third kappa shape index (κ3) is 5.26. The Morgan fingerprint density at radius 2 is 1.50 bits per heavy atom. The summed E-state index contributed by atoms with van der Waals surface area (Å²) in [5, 5.41) is 4.71. The molecule has 1 aromatic heterocycles. The molecule has 168 valence electrons. The lowest BCUT2D eigenvalue weighted by Gasteiger charge is -2.35. The molecule has 1 fully saturated rings. The molecule has 0 aliphatic carbocycles. The average molecular weight is 432 g/mol. The highest BCUT2D eigenvalue weighted by Crippen LogP contribution is 2.19. The molecule has 0 atom stereocenters. The predicted molar refractivity (Wildman–Crippen MR) is 128 cm³/mol. The summed E-state index contributed by atoms with van der Waals surface area (Å²) in [6, 6.07) is 20.7. The van der Waals surface area contributed by atoms with Crippen LogP contribution in [0.2, 0.25) is 0 Å². The number of nitrogens with zero attached hydrogens (tertiary/aromatic N) is 5. The van der Waals surface area contributed by atoms with E-state index in [1.165, 1.54) is 5.56 Å². The number of aromatic nitrogens is 2. The Bertz CT molecular complexity index is 1020. The molecule has 0 saturated carbocycles. The molecule has 6 heteroatoms. The van der Waals surface area contributed by atoms with Gasteiger partial charge in [-0.25, -0.2) is 4.68 Å². The highest BCUT2D eigenvalue weighted by molar-refractivity contribution is 5.78. The van der Waals surface area contributed by atoms with Gasteiger partial charge in [-0.15, -0.1) is 0 Å². The van der Waals surface area contributed by atoms with Crippen LogP contribution in [0.25, 0.3) is 5.69 Å². The molecule has 1 saturated heterocycles. The zero-order chi connectivity index (χ0) is 22.5.